The number of aryl methyl sites for hydroxylation is 1. The molecule has 1 N–H and O–H groups in total. The standard InChI is InChI=1S/C17H16FNO2/c1-11-7-14(12(2)20)4-6-17(11)21-10-13-3-5-16(18)15(8-13)9-19/h3-8,12,20H,10H2,1-2H3. The maximum Gasteiger partial charge on any atom is 0.140 e. The molecular formula is C17H16FNO2. The van der Waals surface area contributed by atoms with Gasteiger partial charge in [0.15, 0.2) is 0 Å². The first-order valence-electron chi connectivity index (χ1n) is 6.61. The Labute approximate surface area is 123 Å². The monoisotopic (exact) mass is 285 g/mol. The second kappa shape index (κ2) is 6.38. The molecule has 0 radical (unpaired) electrons. The summed E-state index contributed by atoms with van der Waals surface area (Å²) in [5, 5.41) is 18.3. The summed E-state index contributed by atoms with van der Waals surface area (Å²) in [5.74, 6) is 0.168. The van der Waals surface area contributed by atoms with E-state index in [1.54, 1.807) is 31.2 Å². The van der Waals surface area contributed by atoms with E-state index in [9.17, 15) is 9.50 Å². The molecule has 1 atom stereocenters. The number of ether oxygens (including phenoxy) is 1. The second-order valence-corrected chi connectivity index (χ2v) is 4.92. The Balaban J connectivity index is 2.12. The van der Waals surface area contributed by atoms with Gasteiger partial charge in [0.05, 0.1) is 11.7 Å². The van der Waals surface area contributed by atoms with E-state index in [1.807, 2.05) is 13.0 Å². The Kier molecular flexibility index (Phi) is 4.56. The van der Waals surface area contributed by atoms with Crippen molar-refractivity contribution in [3.8, 4) is 11.8 Å². The Morgan fingerprint density at radius 2 is 2.05 bits per heavy atom. The summed E-state index contributed by atoms with van der Waals surface area (Å²) < 4.78 is 18.9. The van der Waals surface area contributed by atoms with Gasteiger partial charge in [0.2, 0.25) is 0 Å². The Bertz CT molecular complexity index is 690. The van der Waals surface area contributed by atoms with Crippen molar-refractivity contribution >= 4 is 0 Å². The largest absolute Gasteiger partial charge is 0.489 e. The van der Waals surface area contributed by atoms with Crippen molar-refractivity contribution in [1.82, 2.24) is 0 Å². The summed E-state index contributed by atoms with van der Waals surface area (Å²) >= 11 is 0. The first-order valence-corrected chi connectivity index (χ1v) is 6.61. The zero-order chi connectivity index (χ0) is 15.4. The minimum absolute atomic E-state index is 0.0114. The van der Waals surface area contributed by atoms with Crippen LogP contribution in [0.3, 0.4) is 0 Å². The number of aliphatic hydroxyl groups excluding tert-OH is 1. The van der Waals surface area contributed by atoms with Crippen LogP contribution < -0.4 is 4.74 Å². The lowest BCUT2D eigenvalue weighted by Gasteiger charge is -2.12. The van der Waals surface area contributed by atoms with E-state index in [2.05, 4.69) is 0 Å². The summed E-state index contributed by atoms with van der Waals surface area (Å²) in [6.45, 7) is 3.85. The van der Waals surface area contributed by atoms with Crippen LogP contribution in [-0.4, -0.2) is 5.11 Å². The fourth-order valence-corrected chi connectivity index (χ4v) is 2.00. The lowest BCUT2D eigenvalue weighted by atomic mass is 10.1. The van der Waals surface area contributed by atoms with Gasteiger partial charge in [-0.2, -0.15) is 5.26 Å². The highest BCUT2D eigenvalue weighted by molar-refractivity contribution is 5.38. The molecule has 2 rings (SSSR count). The van der Waals surface area contributed by atoms with E-state index in [-0.39, 0.29) is 12.2 Å². The highest BCUT2D eigenvalue weighted by atomic mass is 19.1. The van der Waals surface area contributed by atoms with Crippen LogP contribution in [0.1, 0.15) is 35.3 Å². The quantitative estimate of drug-likeness (QED) is 0.933. The number of nitrogens with zero attached hydrogens (tertiary/aromatic N) is 1. The van der Waals surface area contributed by atoms with Gasteiger partial charge in [0.25, 0.3) is 0 Å². The van der Waals surface area contributed by atoms with Crippen molar-refractivity contribution in [1.29, 1.82) is 5.26 Å². The maximum absolute atomic E-state index is 13.2. The van der Waals surface area contributed by atoms with Crippen molar-refractivity contribution in [3.05, 3.63) is 64.5 Å². The van der Waals surface area contributed by atoms with E-state index in [0.717, 1.165) is 16.7 Å². The molecular weight excluding hydrogens is 269 g/mol. The van der Waals surface area contributed by atoms with Crippen molar-refractivity contribution in [2.24, 2.45) is 0 Å². The minimum atomic E-state index is -0.529. The molecule has 0 saturated heterocycles. The van der Waals surface area contributed by atoms with E-state index in [1.165, 1.54) is 12.1 Å². The molecule has 0 aliphatic carbocycles. The number of aliphatic hydroxyl groups is 1. The van der Waals surface area contributed by atoms with Crippen molar-refractivity contribution in [3.63, 3.8) is 0 Å². The third kappa shape index (κ3) is 3.59. The van der Waals surface area contributed by atoms with Gasteiger partial charge in [-0.25, -0.2) is 4.39 Å². The molecule has 0 saturated carbocycles. The first kappa shape index (κ1) is 15.0. The molecule has 0 aromatic heterocycles. The van der Waals surface area contributed by atoms with E-state index in [0.29, 0.717) is 5.75 Å². The highest BCUT2D eigenvalue weighted by Gasteiger charge is 2.07. The fraction of sp³-hybridized carbons (Fsp3) is 0.235. The molecule has 2 aromatic carbocycles. The highest BCUT2D eigenvalue weighted by Crippen LogP contribution is 2.23. The van der Waals surface area contributed by atoms with Gasteiger partial charge in [0, 0.05) is 0 Å². The average molecular weight is 285 g/mol. The number of halogens is 1. The fourth-order valence-electron chi connectivity index (χ4n) is 2.00. The van der Waals surface area contributed by atoms with Gasteiger partial charge in [-0.3, -0.25) is 0 Å². The van der Waals surface area contributed by atoms with Crippen molar-refractivity contribution in [2.45, 2.75) is 26.6 Å². The van der Waals surface area contributed by atoms with Crippen LogP contribution in [0.25, 0.3) is 0 Å². The van der Waals surface area contributed by atoms with Gasteiger partial charge < -0.3 is 9.84 Å². The van der Waals surface area contributed by atoms with Gasteiger partial charge in [0.1, 0.15) is 24.2 Å². The number of nitriles is 1. The third-order valence-electron chi connectivity index (χ3n) is 3.23. The van der Waals surface area contributed by atoms with Crippen LogP contribution in [0.2, 0.25) is 0 Å². The average Bonchev–Trinajstić information content (AvgIpc) is 2.47. The molecule has 3 nitrogen and oxygen atoms in total. The number of rotatable bonds is 4. The summed E-state index contributed by atoms with van der Waals surface area (Å²) in [7, 11) is 0. The SMILES string of the molecule is Cc1cc(C(C)O)ccc1OCc1ccc(F)c(C#N)c1. The summed E-state index contributed by atoms with van der Waals surface area (Å²) in [6.07, 6.45) is -0.520. The van der Waals surface area contributed by atoms with Crippen LogP contribution in [0, 0.1) is 24.1 Å². The van der Waals surface area contributed by atoms with Gasteiger partial charge in [-0.15, -0.1) is 0 Å². The molecule has 0 spiro atoms. The molecule has 2 aromatic rings. The molecule has 0 bridgehead atoms. The Morgan fingerprint density at radius 1 is 1.29 bits per heavy atom. The van der Waals surface area contributed by atoms with Crippen molar-refractivity contribution in [2.75, 3.05) is 0 Å². The third-order valence-corrected chi connectivity index (χ3v) is 3.23. The predicted molar refractivity (Wildman–Crippen MR) is 77.3 cm³/mol. The molecule has 0 heterocycles. The predicted octanol–water partition coefficient (Wildman–Crippen LogP) is 3.64. The molecule has 0 aliphatic heterocycles. The summed E-state index contributed by atoms with van der Waals surface area (Å²) in [6, 6.07) is 11.6. The smallest absolute Gasteiger partial charge is 0.140 e. The lowest BCUT2D eigenvalue weighted by molar-refractivity contribution is 0.199. The number of hydrogen-bond donors (Lipinski definition) is 1. The van der Waals surface area contributed by atoms with Crippen LogP contribution >= 0.6 is 0 Å². The molecule has 4 heteroatoms. The molecule has 0 amide bonds. The molecule has 1 unspecified atom stereocenters. The van der Waals surface area contributed by atoms with Crippen LogP contribution in [-0.2, 0) is 6.61 Å². The van der Waals surface area contributed by atoms with E-state index < -0.39 is 11.9 Å². The van der Waals surface area contributed by atoms with Crippen LogP contribution in [0.4, 0.5) is 4.39 Å². The minimum Gasteiger partial charge on any atom is -0.489 e. The van der Waals surface area contributed by atoms with Crippen LogP contribution in [0.15, 0.2) is 36.4 Å². The summed E-state index contributed by atoms with van der Waals surface area (Å²) in [5.41, 5.74) is 2.48. The van der Waals surface area contributed by atoms with Gasteiger partial charge >= 0.3 is 0 Å². The second-order valence-electron chi connectivity index (χ2n) is 4.92. The normalized spacial score (nSPS) is 11.8. The lowest BCUT2D eigenvalue weighted by Crippen LogP contribution is -2.00. The van der Waals surface area contributed by atoms with E-state index in [4.69, 9.17) is 10.00 Å². The van der Waals surface area contributed by atoms with Crippen LogP contribution in [0.5, 0.6) is 5.75 Å². The Morgan fingerprint density at radius 3 is 2.67 bits per heavy atom. The van der Waals surface area contributed by atoms with E-state index >= 15 is 0 Å². The topological polar surface area (TPSA) is 53.2 Å². The first-order chi connectivity index (χ1) is 10.0. The number of hydrogen-bond acceptors (Lipinski definition) is 3. The molecule has 21 heavy (non-hydrogen) atoms. The van der Waals surface area contributed by atoms with Gasteiger partial charge in [-0.05, 0) is 54.8 Å². The zero-order valence-electron chi connectivity index (χ0n) is 11.9. The summed E-state index contributed by atoms with van der Waals surface area (Å²) in [4.78, 5) is 0. The van der Waals surface area contributed by atoms with Gasteiger partial charge in [-0.1, -0.05) is 12.1 Å². The molecule has 108 valence electrons. The molecule has 0 fully saturated rings. The maximum atomic E-state index is 13.2. The zero-order valence-corrected chi connectivity index (χ0v) is 11.9. The molecule has 0 aliphatic rings. The van der Waals surface area contributed by atoms with Crippen molar-refractivity contribution < 1.29 is 14.2 Å². The number of benzene rings is 2. The Hall–Kier alpha value is -2.38.